The quantitative estimate of drug-likeness (QED) is 0.307. The number of hydrogen-bond acceptors (Lipinski definition) is 4. The third kappa shape index (κ3) is 6.25. The molecule has 0 unspecified atom stereocenters. The first-order chi connectivity index (χ1) is 17.9. The van der Waals surface area contributed by atoms with Gasteiger partial charge >= 0.3 is 0 Å². The average molecular weight is 539 g/mol. The number of likely N-dealkylation sites (tertiary alicyclic amines) is 1. The molecule has 0 spiro atoms. The first-order valence-electron chi connectivity index (χ1n) is 13.1. The van der Waals surface area contributed by atoms with E-state index in [4.69, 9.17) is 28.2 Å². The van der Waals surface area contributed by atoms with Crippen LogP contribution in [0.3, 0.4) is 0 Å². The Labute approximate surface area is 228 Å². The molecule has 194 valence electrons. The molecule has 1 aromatic heterocycles. The number of carbonyl (C=O) groups excluding carboxylic acids is 1. The van der Waals surface area contributed by atoms with Crippen molar-refractivity contribution in [3.8, 4) is 0 Å². The summed E-state index contributed by atoms with van der Waals surface area (Å²) in [6.45, 7) is 7.36. The second-order valence-electron chi connectivity index (χ2n) is 10.2. The minimum atomic E-state index is -0.301. The lowest BCUT2D eigenvalue weighted by Crippen LogP contribution is -2.27. The van der Waals surface area contributed by atoms with Gasteiger partial charge in [-0.25, -0.2) is 4.98 Å². The van der Waals surface area contributed by atoms with E-state index < -0.39 is 0 Å². The largest absolute Gasteiger partial charge is 0.342 e. The fourth-order valence-corrected chi connectivity index (χ4v) is 5.67. The number of aromatic nitrogens is 2. The summed E-state index contributed by atoms with van der Waals surface area (Å²) in [6.07, 6.45) is 6.57. The minimum Gasteiger partial charge on any atom is -0.342 e. The van der Waals surface area contributed by atoms with Gasteiger partial charge in [-0.2, -0.15) is 0 Å². The van der Waals surface area contributed by atoms with Gasteiger partial charge in [-0.1, -0.05) is 29.3 Å². The zero-order valence-corrected chi connectivity index (χ0v) is 22.9. The minimum absolute atomic E-state index is 0.192. The summed E-state index contributed by atoms with van der Waals surface area (Å²) in [5, 5.41) is 4.24. The monoisotopic (exact) mass is 537 g/mol. The number of allylic oxidation sites excluding steroid dienone is 2. The molecule has 37 heavy (non-hydrogen) atoms. The second kappa shape index (κ2) is 11.4. The molecule has 0 bridgehead atoms. The normalized spacial score (nSPS) is 17.7. The first kappa shape index (κ1) is 26.0. The van der Waals surface area contributed by atoms with Gasteiger partial charge in [0.2, 0.25) is 0 Å². The van der Waals surface area contributed by atoms with E-state index in [2.05, 4.69) is 27.1 Å². The first-order valence-corrected chi connectivity index (χ1v) is 13.8. The van der Waals surface area contributed by atoms with Crippen LogP contribution in [0.1, 0.15) is 73.7 Å². The molecule has 0 saturated carbocycles. The molecule has 3 aromatic rings. The van der Waals surface area contributed by atoms with Crippen LogP contribution in [0.25, 0.3) is 11.0 Å². The van der Waals surface area contributed by atoms with Crippen molar-refractivity contribution in [3.05, 3.63) is 74.7 Å². The summed E-state index contributed by atoms with van der Waals surface area (Å²) >= 11 is 12.7. The highest BCUT2D eigenvalue weighted by atomic mass is 35.5. The molecule has 0 radical (unpaired) electrons. The molecule has 2 N–H and O–H groups in total. The third-order valence-corrected chi connectivity index (χ3v) is 7.80. The molecule has 2 aliphatic rings. The Morgan fingerprint density at radius 2 is 1.95 bits per heavy atom. The Morgan fingerprint density at radius 1 is 1.14 bits per heavy atom. The number of hydrogen-bond donors (Lipinski definition) is 2. The van der Waals surface area contributed by atoms with Gasteiger partial charge in [-0.3, -0.25) is 14.7 Å². The number of carbonyl (C=O) groups is 1. The highest BCUT2D eigenvalue weighted by molar-refractivity contribution is 6.32. The zero-order valence-electron chi connectivity index (χ0n) is 21.4. The molecule has 1 saturated heterocycles. The Hall–Kier alpha value is -2.67. The van der Waals surface area contributed by atoms with Crippen LogP contribution in [0, 0.1) is 0 Å². The molecule has 1 aliphatic carbocycles. The van der Waals surface area contributed by atoms with E-state index in [1.165, 1.54) is 42.9 Å². The SMILES string of the molecule is C/C(CN1CCCC1)=N\C1=C(Cc2ccc(C(=O)N[C@@H](C)c3nc4cc(Cl)ccc4[nH]3)cc2Cl)CCC1. The van der Waals surface area contributed by atoms with Crippen molar-refractivity contribution in [2.45, 2.75) is 58.4 Å². The van der Waals surface area contributed by atoms with Crippen molar-refractivity contribution in [1.82, 2.24) is 20.2 Å². The molecule has 1 fully saturated rings. The molecule has 2 heterocycles. The van der Waals surface area contributed by atoms with Crippen molar-refractivity contribution in [2.24, 2.45) is 4.99 Å². The van der Waals surface area contributed by atoms with Crippen LogP contribution in [0.4, 0.5) is 0 Å². The number of amides is 1. The maximum Gasteiger partial charge on any atom is 0.251 e. The van der Waals surface area contributed by atoms with Crippen molar-refractivity contribution < 1.29 is 4.79 Å². The number of nitrogens with zero attached hydrogens (tertiary/aromatic N) is 3. The van der Waals surface area contributed by atoms with Gasteiger partial charge in [0, 0.05) is 33.6 Å². The lowest BCUT2D eigenvalue weighted by Gasteiger charge is -2.15. The number of imidazole rings is 1. The van der Waals surface area contributed by atoms with E-state index in [9.17, 15) is 4.79 Å². The maximum atomic E-state index is 13.0. The Bertz CT molecular complexity index is 1370. The van der Waals surface area contributed by atoms with Crippen LogP contribution in [0.5, 0.6) is 0 Å². The summed E-state index contributed by atoms with van der Waals surface area (Å²) < 4.78 is 0. The number of halogens is 2. The van der Waals surface area contributed by atoms with Gasteiger partial charge in [-0.15, -0.1) is 0 Å². The van der Waals surface area contributed by atoms with E-state index in [0.717, 1.165) is 48.8 Å². The smallest absolute Gasteiger partial charge is 0.251 e. The van der Waals surface area contributed by atoms with Crippen LogP contribution in [0.15, 0.2) is 52.7 Å². The Morgan fingerprint density at radius 3 is 2.73 bits per heavy atom. The number of nitrogens with one attached hydrogen (secondary N) is 2. The lowest BCUT2D eigenvalue weighted by molar-refractivity contribution is 0.0938. The molecule has 8 heteroatoms. The van der Waals surface area contributed by atoms with Gasteiger partial charge in [0.05, 0.1) is 17.1 Å². The average Bonchev–Trinajstić information content (AvgIpc) is 3.62. The van der Waals surface area contributed by atoms with Crippen molar-refractivity contribution >= 4 is 45.9 Å². The Kier molecular flexibility index (Phi) is 7.98. The number of aromatic amines is 1. The number of aliphatic imine (C=N–C) groups is 1. The Balaban J connectivity index is 1.25. The molecule has 1 atom stereocenters. The number of rotatable bonds is 8. The van der Waals surface area contributed by atoms with E-state index in [1.807, 2.05) is 31.2 Å². The summed E-state index contributed by atoms with van der Waals surface area (Å²) in [4.78, 5) is 28.3. The summed E-state index contributed by atoms with van der Waals surface area (Å²) in [6, 6.07) is 10.8. The maximum absolute atomic E-state index is 13.0. The number of benzene rings is 2. The summed E-state index contributed by atoms with van der Waals surface area (Å²) in [5.74, 6) is 0.483. The molecule has 1 amide bonds. The fraction of sp³-hybridized carbons (Fsp3) is 0.414. The van der Waals surface area contributed by atoms with E-state index >= 15 is 0 Å². The molecule has 2 aromatic carbocycles. The van der Waals surface area contributed by atoms with E-state index in [0.29, 0.717) is 21.4 Å². The van der Waals surface area contributed by atoms with E-state index in [1.54, 1.807) is 12.1 Å². The third-order valence-electron chi connectivity index (χ3n) is 7.22. The van der Waals surface area contributed by atoms with Crippen LogP contribution >= 0.6 is 23.2 Å². The van der Waals surface area contributed by atoms with Crippen molar-refractivity contribution in [1.29, 1.82) is 0 Å². The number of fused-ring (bicyclic) bond motifs is 1. The van der Waals surface area contributed by atoms with Crippen molar-refractivity contribution in [3.63, 3.8) is 0 Å². The summed E-state index contributed by atoms with van der Waals surface area (Å²) in [5.41, 5.74) is 6.98. The van der Waals surface area contributed by atoms with Crippen LogP contribution in [-0.4, -0.2) is 46.1 Å². The zero-order chi connectivity index (χ0) is 25.9. The highest BCUT2D eigenvalue weighted by Gasteiger charge is 2.19. The number of H-pyrrole nitrogens is 1. The lowest BCUT2D eigenvalue weighted by atomic mass is 10.0. The molecule has 6 nitrogen and oxygen atoms in total. The molecule has 1 aliphatic heterocycles. The standard InChI is InChI=1S/C29H33Cl2N5O/c1-18(17-36-12-3-4-13-36)32-25-7-5-6-21(25)14-20-8-9-22(15-24(20)31)29(37)33-19(2)28-34-26-11-10-23(30)16-27(26)35-28/h8-11,15-16,19H,3-7,12-14,17H2,1-2H3,(H,33,37)(H,34,35)/b32-18+/t19-/m0/s1. The van der Waals surface area contributed by atoms with Crippen molar-refractivity contribution in [2.75, 3.05) is 19.6 Å². The van der Waals surface area contributed by atoms with Gasteiger partial charge in [-0.05, 0) is 107 Å². The molecular formula is C29H33Cl2N5O. The predicted octanol–water partition coefficient (Wildman–Crippen LogP) is 6.90. The second-order valence-corrected chi connectivity index (χ2v) is 11.0. The van der Waals surface area contributed by atoms with Crippen LogP contribution in [0.2, 0.25) is 10.0 Å². The van der Waals surface area contributed by atoms with Crippen LogP contribution < -0.4 is 5.32 Å². The highest BCUT2D eigenvalue weighted by Crippen LogP contribution is 2.32. The topological polar surface area (TPSA) is 73.4 Å². The molecular weight excluding hydrogens is 505 g/mol. The predicted molar refractivity (Wildman–Crippen MR) is 152 cm³/mol. The summed E-state index contributed by atoms with van der Waals surface area (Å²) in [7, 11) is 0. The fourth-order valence-electron chi connectivity index (χ4n) is 5.26. The molecule has 5 rings (SSSR count). The van der Waals surface area contributed by atoms with E-state index in [-0.39, 0.29) is 11.9 Å². The van der Waals surface area contributed by atoms with Gasteiger partial charge in [0.15, 0.2) is 0 Å². The van der Waals surface area contributed by atoms with Gasteiger partial charge in [0.1, 0.15) is 5.82 Å². The van der Waals surface area contributed by atoms with Gasteiger partial charge in [0.25, 0.3) is 5.91 Å². The van der Waals surface area contributed by atoms with Crippen LogP contribution in [-0.2, 0) is 6.42 Å². The van der Waals surface area contributed by atoms with Gasteiger partial charge < -0.3 is 10.3 Å².